The van der Waals surface area contributed by atoms with Crippen LogP contribution in [0.2, 0.25) is 0 Å². The van der Waals surface area contributed by atoms with E-state index in [0.29, 0.717) is 0 Å². The van der Waals surface area contributed by atoms with E-state index >= 15 is 0 Å². The number of ether oxygens (including phenoxy) is 2. The number of nitriles is 1. The zero-order valence-corrected chi connectivity index (χ0v) is 10.4. The zero-order valence-electron chi connectivity index (χ0n) is 10.4. The average Bonchev–Trinajstić information content (AvgIpc) is 2.37. The Morgan fingerprint density at radius 3 is 2.56 bits per heavy atom. The lowest BCUT2D eigenvalue weighted by Crippen LogP contribution is -2.49. The molecule has 0 N–H and O–H groups in total. The molecule has 5 heteroatoms. The lowest BCUT2D eigenvalue weighted by atomic mass is 10.2. The minimum absolute atomic E-state index is 0.225. The summed E-state index contributed by atoms with van der Waals surface area (Å²) in [7, 11) is 0. The second-order valence-corrected chi connectivity index (χ2v) is 5.25. The molecular formula is C11H18N2O3. The topological polar surface area (TPSA) is 62.6 Å². The van der Waals surface area contributed by atoms with E-state index in [1.54, 1.807) is 34.6 Å². The second-order valence-electron chi connectivity index (χ2n) is 5.25. The van der Waals surface area contributed by atoms with Gasteiger partial charge in [0.15, 0.2) is 0 Å². The number of carbonyl (C=O) groups is 1. The van der Waals surface area contributed by atoms with Gasteiger partial charge in [0.2, 0.25) is 0 Å². The van der Waals surface area contributed by atoms with E-state index in [4.69, 9.17) is 14.7 Å². The number of nitrogens with zero attached hydrogens (tertiary/aromatic N) is 2. The van der Waals surface area contributed by atoms with Gasteiger partial charge in [0.1, 0.15) is 17.4 Å². The summed E-state index contributed by atoms with van der Waals surface area (Å²) in [4.78, 5) is 13.3. The van der Waals surface area contributed by atoms with Crippen molar-refractivity contribution in [1.82, 2.24) is 4.90 Å². The van der Waals surface area contributed by atoms with Crippen molar-refractivity contribution in [2.45, 2.75) is 52.0 Å². The summed E-state index contributed by atoms with van der Waals surface area (Å²) in [6, 6.07) is 1.46. The number of hydrogen-bond donors (Lipinski definition) is 0. The highest BCUT2D eigenvalue weighted by Crippen LogP contribution is 2.28. The number of hydrogen-bond acceptors (Lipinski definition) is 4. The normalized spacial score (nSPS) is 24.0. The Balaban J connectivity index is 2.84. The van der Waals surface area contributed by atoms with Crippen LogP contribution in [-0.2, 0) is 9.47 Å². The standard InChI is InChI=1S/C11H18N2O3/c1-10(2,3)16-9(14)13-8(6-12)7-15-11(13,4)5/h8H,7H2,1-5H3/t8-/m1/s1. The Hall–Kier alpha value is -1.28. The second kappa shape index (κ2) is 3.95. The molecule has 1 fully saturated rings. The van der Waals surface area contributed by atoms with Crippen molar-refractivity contribution < 1.29 is 14.3 Å². The minimum Gasteiger partial charge on any atom is -0.444 e. The highest BCUT2D eigenvalue weighted by molar-refractivity contribution is 5.70. The van der Waals surface area contributed by atoms with Gasteiger partial charge in [-0.1, -0.05) is 0 Å². The van der Waals surface area contributed by atoms with Crippen LogP contribution in [0.25, 0.3) is 0 Å². The van der Waals surface area contributed by atoms with E-state index in [0.717, 1.165) is 0 Å². The van der Waals surface area contributed by atoms with Crippen molar-refractivity contribution >= 4 is 6.09 Å². The van der Waals surface area contributed by atoms with Gasteiger partial charge in [-0.3, -0.25) is 4.90 Å². The van der Waals surface area contributed by atoms with Crippen molar-refractivity contribution in [2.24, 2.45) is 0 Å². The van der Waals surface area contributed by atoms with Gasteiger partial charge in [-0.2, -0.15) is 5.26 Å². The molecule has 1 aliphatic heterocycles. The van der Waals surface area contributed by atoms with Crippen molar-refractivity contribution in [2.75, 3.05) is 6.61 Å². The molecule has 1 saturated heterocycles. The summed E-state index contributed by atoms with van der Waals surface area (Å²) < 4.78 is 10.6. The minimum atomic E-state index is -0.789. The molecule has 0 aliphatic carbocycles. The fraction of sp³-hybridized carbons (Fsp3) is 0.818. The summed E-state index contributed by atoms with van der Waals surface area (Å²) in [6.07, 6.45) is -0.512. The van der Waals surface area contributed by atoms with Crippen LogP contribution in [0.3, 0.4) is 0 Å². The van der Waals surface area contributed by atoms with E-state index in [1.807, 2.05) is 6.07 Å². The van der Waals surface area contributed by atoms with Crippen molar-refractivity contribution in [3.63, 3.8) is 0 Å². The lowest BCUT2D eigenvalue weighted by Gasteiger charge is -2.33. The number of carbonyl (C=O) groups excluding carboxylic acids is 1. The maximum absolute atomic E-state index is 11.9. The zero-order chi connectivity index (χ0) is 12.6. The first-order valence-electron chi connectivity index (χ1n) is 5.23. The van der Waals surface area contributed by atoms with Crippen LogP contribution in [0.1, 0.15) is 34.6 Å². The summed E-state index contributed by atoms with van der Waals surface area (Å²) in [5, 5.41) is 8.94. The van der Waals surface area contributed by atoms with E-state index in [-0.39, 0.29) is 6.61 Å². The molecule has 1 atom stereocenters. The first-order chi connectivity index (χ1) is 7.17. The van der Waals surface area contributed by atoms with Crippen LogP contribution < -0.4 is 0 Å². The first-order valence-corrected chi connectivity index (χ1v) is 5.23. The molecule has 0 radical (unpaired) electrons. The maximum atomic E-state index is 11.9. The summed E-state index contributed by atoms with van der Waals surface area (Å²) in [5.74, 6) is 0. The molecule has 1 amide bonds. The molecule has 0 aromatic carbocycles. The molecular weight excluding hydrogens is 208 g/mol. The number of rotatable bonds is 0. The van der Waals surface area contributed by atoms with Gasteiger partial charge >= 0.3 is 6.09 Å². The van der Waals surface area contributed by atoms with Crippen LogP contribution in [0.15, 0.2) is 0 Å². The van der Waals surface area contributed by atoms with Gasteiger partial charge < -0.3 is 9.47 Å². The molecule has 1 aliphatic rings. The molecule has 1 heterocycles. The molecule has 0 saturated carbocycles. The van der Waals surface area contributed by atoms with Gasteiger partial charge in [0.05, 0.1) is 12.7 Å². The third-order valence-corrected chi connectivity index (χ3v) is 2.23. The third kappa shape index (κ3) is 2.64. The smallest absolute Gasteiger partial charge is 0.413 e. The largest absolute Gasteiger partial charge is 0.444 e. The van der Waals surface area contributed by atoms with Crippen LogP contribution in [-0.4, -0.2) is 35.0 Å². The van der Waals surface area contributed by atoms with E-state index in [1.165, 1.54) is 4.90 Å². The Bertz CT molecular complexity index is 325. The van der Waals surface area contributed by atoms with Crippen LogP contribution in [0, 0.1) is 11.3 Å². The van der Waals surface area contributed by atoms with E-state index in [2.05, 4.69) is 0 Å². The SMILES string of the molecule is CC(C)(C)OC(=O)N1[C@H](C#N)COC1(C)C. The quantitative estimate of drug-likeness (QED) is 0.632. The maximum Gasteiger partial charge on any atom is 0.413 e. The summed E-state index contributed by atoms with van der Waals surface area (Å²) >= 11 is 0. The first kappa shape index (κ1) is 12.8. The predicted octanol–water partition coefficient (Wildman–Crippen LogP) is 1.88. The molecule has 5 nitrogen and oxygen atoms in total. The van der Waals surface area contributed by atoms with Crippen LogP contribution in [0.4, 0.5) is 4.79 Å². The summed E-state index contributed by atoms with van der Waals surface area (Å²) in [5.41, 5.74) is -1.36. The average molecular weight is 226 g/mol. The molecule has 0 spiro atoms. The molecule has 16 heavy (non-hydrogen) atoms. The Labute approximate surface area is 95.9 Å². The van der Waals surface area contributed by atoms with Gasteiger partial charge in [-0.05, 0) is 34.6 Å². The molecule has 0 aromatic heterocycles. The predicted molar refractivity (Wildman–Crippen MR) is 57.5 cm³/mol. The van der Waals surface area contributed by atoms with Gasteiger partial charge in [-0.15, -0.1) is 0 Å². The summed E-state index contributed by atoms with van der Waals surface area (Å²) in [6.45, 7) is 9.08. The van der Waals surface area contributed by atoms with Crippen molar-refractivity contribution in [1.29, 1.82) is 5.26 Å². The van der Waals surface area contributed by atoms with Gasteiger partial charge in [-0.25, -0.2) is 4.79 Å². The Morgan fingerprint density at radius 2 is 2.12 bits per heavy atom. The highest BCUT2D eigenvalue weighted by atomic mass is 16.6. The number of amides is 1. The van der Waals surface area contributed by atoms with Crippen LogP contribution >= 0.6 is 0 Å². The van der Waals surface area contributed by atoms with Crippen LogP contribution in [0.5, 0.6) is 0 Å². The third-order valence-electron chi connectivity index (χ3n) is 2.23. The Kier molecular flexibility index (Phi) is 3.15. The monoisotopic (exact) mass is 226 g/mol. The highest BCUT2D eigenvalue weighted by Gasteiger charge is 2.45. The van der Waals surface area contributed by atoms with E-state index < -0.39 is 23.5 Å². The van der Waals surface area contributed by atoms with Crippen molar-refractivity contribution in [3.8, 4) is 6.07 Å². The van der Waals surface area contributed by atoms with Gasteiger partial charge in [0.25, 0.3) is 0 Å². The van der Waals surface area contributed by atoms with Crippen molar-refractivity contribution in [3.05, 3.63) is 0 Å². The lowest BCUT2D eigenvalue weighted by molar-refractivity contribution is -0.0608. The fourth-order valence-corrected chi connectivity index (χ4v) is 1.56. The molecule has 0 aromatic rings. The molecule has 90 valence electrons. The van der Waals surface area contributed by atoms with Gasteiger partial charge in [0, 0.05) is 0 Å². The molecule has 0 unspecified atom stereocenters. The Morgan fingerprint density at radius 1 is 1.56 bits per heavy atom. The molecule has 0 bridgehead atoms. The molecule has 1 rings (SSSR count). The van der Waals surface area contributed by atoms with E-state index in [9.17, 15) is 4.79 Å². The fourth-order valence-electron chi connectivity index (χ4n) is 1.56.